The Balaban J connectivity index is 0.00000280. The molecule has 2 aromatic rings. The summed E-state index contributed by atoms with van der Waals surface area (Å²) in [6, 6.07) is 4.20. The predicted molar refractivity (Wildman–Crippen MR) is 107 cm³/mol. The summed E-state index contributed by atoms with van der Waals surface area (Å²) in [6.45, 7) is 5.01. The topological polar surface area (TPSA) is 93.5 Å². The zero-order chi connectivity index (χ0) is 19.6. The molecule has 1 atom stereocenters. The van der Waals surface area contributed by atoms with Crippen LogP contribution in [0.15, 0.2) is 35.5 Å². The molecule has 1 unspecified atom stereocenters. The lowest BCUT2D eigenvalue weighted by Gasteiger charge is -2.35. The number of hydrogen-bond donors (Lipinski definition) is 1. The number of carbonyl (C=O) groups excluding carboxylic acids is 1. The van der Waals surface area contributed by atoms with Gasteiger partial charge in [-0.1, -0.05) is 6.07 Å². The van der Waals surface area contributed by atoms with Crippen LogP contribution >= 0.6 is 12.4 Å². The van der Waals surface area contributed by atoms with Crippen LogP contribution in [0.25, 0.3) is 0 Å². The van der Waals surface area contributed by atoms with E-state index in [4.69, 9.17) is 4.74 Å². The standard InChI is InChI=1S/C18H24N4O4S.ClH/c1-4-26-18(23)14-6-5-13(2)16(11-14)27(24,25)22-10-7-19-12-15(22)17-20-8-9-21(17)3;/h5-6,8-9,11,15,19H,4,7,10,12H2,1-3H3;1H. The number of esters is 1. The van der Waals surface area contributed by atoms with Gasteiger partial charge in [-0.05, 0) is 31.5 Å². The SMILES string of the molecule is CCOC(=O)c1ccc(C)c(S(=O)(=O)N2CCNCC2c2nccn2C)c1.Cl. The molecule has 1 aromatic heterocycles. The highest BCUT2D eigenvalue weighted by atomic mass is 35.5. The van der Waals surface area contributed by atoms with E-state index >= 15 is 0 Å². The molecule has 0 bridgehead atoms. The number of aryl methyl sites for hydroxylation is 2. The number of benzene rings is 1. The Bertz CT molecular complexity index is 945. The van der Waals surface area contributed by atoms with Crippen molar-refractivity contribution in [2.75, 3.05) is 26.2 Å². The molecule has 0 spiro atoms. The third-order valence-corrected chi connectivity index (χ3v) is 6.69. The van der Waals surface area contributed by atoms with Gasteiger partial charge in [0.2, 0.25) is 10.0 Å². The summed E-state index contributed by atoms with van der Waals surface area (Å²) in [4.78, 5) is 16.5. The first kappa shape index (κ1) is 22.4. The number of ether oxygens (including phenoxy) is 1. The number of imidazole rings is 1. The van der Waals surface area contributed by atoms with E-state index in [2.05, 4.69) is 10.3 Å². The van der Waals surface area contributed by atoms with Gasteiger partial charge in [-0.2, -0.15) is 4.31 Å². The van der Waals surface area contributed by atoms with Crippen LogP contribution in [0.1, 0.15) is 34.7 Å². The molecule has 2 heterocycles. The fourth-order valence-electron chi connectivity index (χ4n) is 3.24. The van der Waals surface area contributed by atoms with Gasteiger partial charge in [0.15, 0.2) is 0 Å². The quantitative estimate of drug-likeness (QED) is 0.728. The maximum absolute atomic E-state index is 13.5. The molecular formula is C18H25ClN4O4S. The summed E-state index contributed by atoms with van der Waals surface area (Å²) in [5.74, 6) is 0.139. The Morgan fingerprint density at radius 1 is 1.39 bits per heavy atom. The van der Waals surface area contributed by atoms with E-state index in [9.17, 15) is 13.2 Å². The Kier molecular flexibility index (Phi) is 7.22. The lowest BCUT2D eigenvalue weighted by atomic mass is 10.1. The molecule has 0 saturated carbocycles. The predicted octanol–water partition coefficient (Wildman–Crippen LogP) is 1.66. The number of aromatic nitrogens is 2. The monoisotopic (exact) mass is 428 g/mol. The molecule has 1 fully saturated rings. The van der Waals surface area contributed by atoms with Gasteiger partial charge in [0.25, 0.3) is 0 Å². The Morgan fingerprint density at radius 2 is 2.14 bits per heavy atom. The van der Waals surface area contributed by atoms with Crippen molar-refractivity contribution >= 4 is 28.4 Å². The summed E-state index contributed by atoms with van der Waals surface area (Å²) in [5, 5.41) is 3.23. The van der Waals surface area contributed by atoms with Crippen LogP contribution in [0.2, 0.25) is 0 Å². The van der Waals surface area contributed by atoms with Crippen LogP contribution < -0.4 is 5.32 Å². The smallest absolute Gasteiger partial charge is 0.338 e. The van der Waals surface area contributed by atoms with Crippen molar-refractivity contribution in [2.24, 2.45) is 7.05 Å². The van der Waals surface area contributed by atoms with Gasteiger partial charge in [0, 0.05) is 39.1 Å². The minimum Gasteiger partial charge on any atom is -0.462 e. The van der Waals surface area contributed by atoms with Crippen molar-refractivity contribution in [3.8, 4) is 0 Å². The number of carbonyl (C=O) groups is 1. The number of hydrogen-bond acceptors (Lipinski definition) is 6. The van der Waals surface area contributed by atoms with Crippen LogP contribution in [0.3, 0.4) is 0 Å². The van der Waals surface area contributed by atoms with Crippen molar-refractivity contribution in [1.29, 1.82) is 0 Å². The molecule has 1 N–H and O–H groups in total. The third-order valence-electron chi connectivity index (χ3n) is 4.64. The summed E-state index contributed by atoms with van der Waals surface area (Å²) in [6.07, 6.45) is 3.45. The van der Waals surface area contributed by atoms with Crippen molar-refractivity contribution in [3.05, 3.63) is 47.5 Å². The van der Waals surface area contributed by atoms with Gasteiger partial charge in [0.05, 0.1) is 23.1 Å². The summed E-state index contributed by atoms with van der Waals surface area (Å²) in [7, 11) is -1.98. The molecular weight excluding hydrogens is 404 g/mol. The third kappa shape index (κ3) is 4.22. The number of nitrogens with zero attached hydrogens (tertiary/aromatic N) is 3. The van der Waals surface area contributed by atoms with Crippen LogP contribution in [-0.4, -0.2) is 54.5 Å². The highest BCUT2D eigenvalue weighted by molar-refractivity contribution is 7.89. The van der Waals surface area contributed by atoms with Gasteiger partial charge in [-0.15, -0.1) is 12.4 Å². The van der Waals surface area contributed by atoms with Crippen LogP contribution in [-0.2, 0) is 21.8 Å². The van der Waals surface area contributed by atoms with E-state index in [1.165, 1.54) is 10.4 Å². The first-order valence-corrected chi connectivity index (χ1v) is 10.3. The first-order chi connectivity index (χ1) is 12.9. The molecule has 1 aliphatic rings. The molecule has 28 heavy (non-hydrogen) atoms. The van der Waals surface area contributed by atoms with Crippen LogP contribution in [0.5, 0.6) is 0 Å². The van der Waals surface area contributed by atoms with E-state index in [1.54, 1.807) is 38.4 Å². The second-order valence-electron chi connectivity index (χ2n) is 6.43. The summed E-state index contributed by atoms with van der Waals surface area (Å²) < 4.78 is 35.2. The highest BCUT2D eigenvalue weighted by Gasteiger charge is 2.37. The van der Waals surface area contributed by atoms with Crippen molar-refractivity contribution in [3.63, 3.8) is 0 Å². The fourth-order valence-corrected chi connectivity index (χ4v) is 5.08. The van der Waals surface area contributed by atoms with Gasteiger partial charge in [0.1, 0.15) is 5.82 Å². The Labute approximate surface area is 171 Å². The number of piperazine rings is 1. The fraction of sp³-hybridized carbons (Fsp3) is 0.444. The Morgan fingerprint density at radius 3 is 2.79 bits per heavy atom. The lowest BCUT2D eigenvalue weighted by molar-refractivity contribution is 0.0526. The van der Waals surface area contributed by atoms with Crippen molar-refractivity contribution in [2.45, 2.75) is 24.8 Å². The van der Waals surface area contributed by atoms with E-state index in [0.29, 0.717) is 31.0 Å². The molecule has 0 aliphatic carbocycles. The second-order valence-corrected chi connectivity index (χ2v) is 8.29. The van der Waals surface area contributed by atoms with Gasteiger partial charge in [-0.3, -0.25) is 0 Å². The summed E-state index contributed by atoms with van der Waals surface area (Å²) in [5.41, 5.74) is 0.810. The van der Waals surface area contributed by atoms with Gasteiger partial charge >= 0.3 is 5.97 Å². The van der Waals surface area contributed by atoms with E-state index in [-0.39, 0.29) is 29.5 Å². The lowest BCUT2D eigenvalue weighted by Crippen LogP contribution is -2.49. The number of rotatable bonds is 5. The van der Waals surface area contributed by atoms with E-state index in [1.807, 2.05) is 11.6 Å². The number of sulfonamides is 1. The highest BCUT2D eigenvalue weighted by Crippen LogP contribution is 2.30. The Hall–Kier alpha value is -1.94. The molecule has 1 saturated heterocycles. The van der Waals surface area contributed by atoms with E-state index < -0.39 is 22.0 Å². The van der Waals surface area contributed by atoms with Gasteiger partial charge in [-0.25, -0.2) is 18.2 Å². The largest absolute Gasteiger partial charge is 0.462 e. The molecule has 0 radical (unpaired) electrons. The zero-order valence-corrected chi connectivity index (χ0v) is 17.7. The average molecular weight is 429 g/mol. The van der Waals surface area contributed by atoms with Crippen LogP contribution in [0, 0.1) is 6.92 Å². The zero-order valence-electron chi connectivity index (χ0n) is 16.1. The summed E-state index contributed by atoms with van der Waals surface area (Å²) >= 11 is 0. The molecule has 1 aliphatic heterocycles. The molecule has 3 rings (SSSR count). The number of halogens is 1. The van der Waals surface area contributed by atoms with Crippen LogP contribution in [0.4, 0.5) is 0 Å². The van der Waals surface area contributed by atoms with Gasteiger partial charge < -0.3 is 14.6 Å². The van der Waals surface area contributed by atoms with Crippen molar-refractivity contribution in [1.82, 2.24) is 19.2 Å². The molecule has 154 valence electrons. The normalized spacial score (nSPS) is 17.8. The molecule has 10 heteroatoms. The van der Waals surface area contributed by atoms with Crippen molar-refractivity contribution < 1.29 is 17.9 Å². The van der Waals surface area contributed by atoms with E-state index in [0.717, 1.165) is 0 Å². The molecule has 1 aromatic carbocycles. The number of nitrogens with one attached hydrogen (secondary N) is 1. The molecule has 8 nitrogen and oxygen atoms in total. The molecule has 0 amide bonds. The average Bonchev–Trinajstić information content (AvgIpc) is 3.08. The maximum Gasteiger partial charge on any atom is 0.338 e. The maximum atomic E-state index is 13.5. The minimum absolute atomic E-state index is 0. The minimum atomic E-state index is -3.82. The second kappa shape index (κ2) is 9.04. The first-order valence-electron chi connectivity index (χ1n) is 8.83.